The van der Waals surface area contributed by atoms with Crippen LogP contribution >= 0.6 is 24.0 Å². The molecule has 0 saturated heterocycles. The number of imidazole rings is 1. The monoisotopic (exact) mass is 505 g/mol. The highest BCUT2D eigenvalue weighted by atomic mass is 127. The average molecular weight is 505 g/mol. The van der Waals surface area contributed by atoms with Crippen LogP contribution in [0.5, 0.6) is 5.75 Å². The molecule has 0 fully saturated rings. The number of aryl methyl sites for hydroxylation is 1. The van der Waals surface area contributed by atoms with Gasteiger partial charge < -0.3 is 20.4 Å². The summed E-state index contributed by atoms with van der Waals surface area (Å²) in [6.07, 6.45) is 2.74. The largest absolute Gasteiger partial charge is 0.496 e. The Balaban J connectivity index is 0.00000300. The molecule has 1 aromatic heterocycles. The Hall–Kier alpha value is -2.55. The van der Waals surface area contributed by atoms with Crippen molar-refractivity contribution in [1.82, 2.24) is 20.6 Å². The van der Waals surface area contributed by atoms with E-state index in [0.29, 0.717) is 6.54 Å². The minimum atomic E-state index is 0. The zero-order valence-electron chi connectivity index (χ0n) is 17.0. The molecular weight excluding hydrogens is 477 g/mol. The Morgan fingerprint density at radius 1 is 1.14 bits per heavy atom. The maximum atomic E-state index is 5.39. The van der Waals surface area contributed by atoms with Gasteiger partial charge in [0.1, 0.15) is 11.6 Å². The second-order valence-electron chi connectivity index (χ2n) is 6.52. The van der Waals surface area contributed by atoms with E-state index < -0.39 is 0 Å². The Labute approximate surface area is 189 Å². The molecular formula is C22H28IN5O. The molecule has 6 nitrogen and oxygen atoms in total. The molecule has 0 spiro atoms. The van der Waals surface area contributed by atoms with Crippen LogP contribution in [0.2, 0.25) is 0 Å². The Morgan fingerprint density at radius 3 is 2.66 bits per heavy atom. The van der Waals surface area contributed by atoms with E-state index in [-0.39, 0.29) is 24.0 Å². The van der Waals surface area contributed by atoms with E-state index in [4.69, 9.17) is 4.74 Å². The van der Waals surface area contributed by atoms with Gasteiger partial charge in [-0.2, -0.15) is 0 Å². The van der Waals surface area contributed by atoms with E-state index >= 15 is 0 Å². The van der Waals surface area contributed by atoms with Gasteiger partial charge in [0.05, 0.1) is 25.5 Å². The summed E-state index contributed by atoms with van der Waals surface area (Å²) in [5.74, 6) is 2.54. The van der Waals surface area contributed by atoms with E-state index in [1.54, 1.807) is 14.2 Å². The third-order valence-electron chi connectivity index (χ3n) is 4.54. The summed E-state index contributed by atoms with van der Waals surface area (Å²) >= 11 is 0. The second kappa shape index (κ2) is 11.5. The van der Waals surface area contributed by atoms with E-state index in [0.717, 1.165) is 47.3 Å². The topological polar surface area (TPSA) is 74.3 Å². The summed E-state index contributed by atoms with van der Waals surface area (Å²) in [6, 6.07) is 16.5. The van der Waals surface area contributed by atoms with Crippen molar-refractivity contribution >= 4 is 29.9 Å². The van der Waals surface area contributed by atoms with Gasteiger partial charge in [-0.25, -0.2) is 4.98 Å². The third kappa shape index (κ3) is 6.49. The van der Waals surface area contributed by atoms with E-state index in [9.17, 15) is 0 Å². The lowest BCUT2D eigenvalue weighted by Gasteiger charge is -2.12. The number of nitrogens with one attached hydrogen (secondary N) is 3. The van der Waals surface area contributed by atoms with E-state index in [1.807, 2.05) is 31.3 Å². The number of methoxy groups -OCH3 is 1. The van der Waals surface area contributed by atoms with Gasteiger partial charge >= 0.3 is 0 Å². The number of aromatic nitrogens is 2. The number of hydrogen-bond acceptors (Lipinski definition) is 3. The Kier molecular flexibility index (Phi) is 8.98. The standard InChI is InChI=1S/C22H27N5O.HI/c1-16-9-10-17(13-20(16)28-3)11-12-24-22(23-2)26-15-21-25-14-19(27-21)18-7-5-4-6-8-18;/h4-10,13-14H,11-12,15H2,1-3H3,(H,25,27)(H2,23,24,26);1H. The molecule has 3 aromatic rings. The molecule has 0 unspecified atom stereocenters. The molecule has 154 valence electrons. The summed E-state index contributed by atoms with van der Waals surface area (Å²) in [6.45, 7) is 3.40. The number of rotatable bonds is 7. The van der Waals surface area contributed by atoms with Crippen molar-refractivity contribution in [2.75, 3.05) is 20.7 Å². The van der Waals surface area contributed by atoms with Crippen molar-refractivity contribution in [2.45, 2.75) is 19.9 Å². The molecule has 0 saturated carbocycles. The van der Waals surface area contributed by atoms with Crippen LogP contribution in [0.3, 0.4) is 0 Å². The van der Waals surface area contributed by atoms with Crippen LogP contribution in [0.25, 0.3) is 11.3 Å². The lowest BCUT2D eigenvalue weighted by Crippen LogP contribution is -2.38. The molecule has 2 aromatic carbocycles. The predicted molar refractivity (Wildman–Crippen MR) is 129 cm³/mol. The lowest BCUT2D eigenvalue weighted by molar-refractivity contribution is 0.411. The smallest absolute Gasteiger partial charge is 0.191 e. The molecule has 0 aliphatic heterocycles. The van der Waals surface area contributed by atoms with Gasteiger partial charge in [0.25, 0.3) is 0 Å². The molecule has 0 aliphatic rings. The van der Waals surface area contributed by atoms with Gasteiger partial charge in [0, 0.05) is 13.6 Å². The highest BCUT2D eigenvalue weighted by Crippen LogP contribution is 2.19. The van der Waals surface area contributed by atoms with Crippen LogP contribution in [0.4, 0.5) is 0 Å². The average Bonchev–Trinajstić information content (AvgIpc) is 3.21. The van der Waals surface area contributed by atoms with Crippen molar-refractivity contribution in [3.05, 3.63) is 71.7 Å². The van der Waals surface area contributed by atoms with Gasteiger partial charge in [0.2, 0.25) is 0 Å². The fraction of sp³-hybridized carbons (Fsp3) is 0.273. The fourth-order valence-electron chi connectivity index (χ4n) is 2.95. The number of aromatic amines is 1. The molecule has 0 atom stereocenters. The summed E-state index contributed by atoms with van der Waals surface area (Å²) in [5.41, 5.74) is 4.50. The molecule has 3 N–H and O–H groups in total. The van der Waals surface area contributed by atoms with Gasteiger partial charge in [-0.1, -0.05) is 42.5 Å². The van der Waals surface area contributed by atoms with E-state index in [1.165, 1.54) is 5.56 Å². The zero-order chi connectivity index (χ0) is 19.8. The minimum Gasteiger partial charge on any atom is -0.496 e. The zero-order valence-corrected chi connectivity index (χ0v) is 19.4. The molecule has 29 heavy (non-hydrogen) atoms. The van der Waals surface area contributed by atoms with Crippen molar-refractivity contribution in [3.8, 4) is 17.0 Å². The molecule has 7 heteroatoms. The highest BCUT2D eigenvalue weighted by Gasteiger charge is 2.05. The predicted octanol–water partition coefficient (Wildman–Crippen LogP) is 3.92. The van der Waals surface area contributed by atoms with Crippen LogP contribution < -0.4 is 15.4 Å². The third-order valence-corrected chi connectivity index (χ3v) is 4.54. The number of ether oxygens (including phenoxy) is 1. The van der Waals surface area contributed by atoms with Crippen molar-refractivity contribution < 1.29 is 4.74 Å². The van der Waals surface area contributed by atoms with Crippen molar-refractivity contribution in [1.29, 1.82) is 0 Å². The summed E-state index contributed by atoms with van der Waals surface area (Å²) < 4.78 is 5.39. The van der Waals surface area contributed by atoms with E-state index in [2.05, 4.69) is 55.9 Å². The first-order valence-corrected chi connectivity index (χ1v) is 9.37. The van der Waals surface area contributed by atoms with Crippen molar-refractivity contribution in [2.24, 2.45) is 4.99 Å². The molecule has 3 rings (SSSR count). The maximum Gasteiger partial charge on any atom is 0.191 e. The SMILES string of the molecule is CN=C(NCCc1ccc(C)c(OC)c1)NCc1ncc(-c2ccccc2)[nH]1.I. The van der Waals surface area contributed by atoms with Gasteiger partial charge in [-0.05, 0) is 36.1 Å². The van der Waals surface area contributed by atoms with Gasteiger partial charge in [-0.3, -0.25) is 4.99 Å². The summed E-state index contributed by atoms with van der Waals surface area (Å²) in [4.78, 5) is 12.1. The number of nitrogens with zero attached hydrogens (tertiary/aromatic N) is 2. The van der Waals surface area contributed by atoms with Crippen molar-refractivity contribution in [3.63, 3.8) is 0 Å². The van der Waals surface area contributed by atoms with Crippen LogP contribution in [0.1, 0.15) is 17.0 Å². The minimum absolute atomic E-state index is 0. The summed E-state index contributed by atoms with van der Waals surface area (Å²) in [7, 11) is 3.47. The first-order valence-electron chi connectivity index (χ1n) is 9.37. The quantitative estimate of drug-likeness (QED) is 0.259. The number of aliphatic imine (C=N–C) groups is 1. The lowest BCUT2D eigenvalue weighted by atomic mass is 10.1. The molecule has 0 aliphatic carbocycles. The number of H-pyrrole nitrogens is 1. The van der Waals surface area contributed by atoms with Crippen LogP contribution in [-0.4, -0.2) is 36.6 Å². The highest BCUT2D eigenvalue weighted by molar-refractivity contribution is 14.0. The molecule has 0 amide bonds. The molecule has 0 radical (unpaired) electrons. The summed E-state index contributed by atoms with van der Waals surface area (Å²) in [5, 5.41) is 6.62. The second-order valence-corrected chi connectivity index (χ2v) is 6.52. The molecule has 0 bridgehead atoms. The number of benzene rings is 2. The van der Waals surface area contributed by atoms with Crippen LogP contribution in [0, 0.1) is 6.92 Å². The number of halogens is 1. The van der Waals surface area contributed by atoms with Crippen LogP contribution in [-0.2, 0) is 13.0 Å². The van der Waals surface area contributed by atoms with Gasteiger partial charge in [0.15, 0.2) is 5.96 Å². The fourth-order valence-corrected chi connectivity index (χ4v) is 2.95. The number of guanidine groups is 1. The van der Waals surface area contributed by atoms with Crippen LogP contribution in [0.15, 0.2) is 59.7 Å². The van der Waals surface area contributed by atoms with Gasteiger partial charge in [-0.15, -0.1) is 24.0 Å². The first-order chi connectivity index (χ1) is 13.7. The maximum absolute atomic E-state index is 5.39. The first kappa shape index (κ1) is 22.7. The Morgan fingerprint density at radius 2 is 1.93 bits per heavy atom. The Bertz CT molecular complexity index is 924. The molecule has 1 heterocycles. The normalized spacial score (nSPS) is 10.9. The number of hydrogen-bond donors (Lipinski definition) is 3.